The van der Waals surface area contributed by atoms with Crippen molar-refractivity contribution in [2.24, 2.45) is 0 Å². The van der Waals surface area contributed by atoms with Crippen molar-refractivity contribution in [2.75, 3.05) is 31.6 Å². The van der Waals surface area contributed by atoms with Crippen molar-refractivity contribution in [3.63, 3.8) is 0 Å². The Bertz CT molecular complexity index is 713. The molecule has 1 atom stereocenters. The molecule has 0 radical (unpaired) electrons. The van der Waals surface area contributed by atoms with Crippen LogP contribution in [0.25, 0.3) is 0 Å². The van der Waals surface area contributed by atoms with Crippen molar-refractivity contribution in [3.8, 4) is 0 Å². The number of hydrogen-bond acceptors (Lipinski definition) is 7. The second-order valence-corrected chi connectivity index (χ2v) is 6.72. The Balaban J connectivity index is 1.80. The van der Waals surface area contributed by atoms with Crippen LogP contribution < -0.4 is 5.32 Å². The normalized spacial score (nSPS) is 18.3. The van der Waals surface area contributed by atoms with Gasteiger partial charge in [0.1, 0.15) is 11.6 Å². The maximum absolute atomic E-state index is 9.18. The first-order valence-corrected chi connectivity index (χ1v) is 8.81. The van der Waals surface area contributed by atoms with Gasteiger partial charge in [-0.3, -0.25) is 0 Å². The van der Waals surface area contributed by atoms with Crippen molar-refractivity contribution in [2.45, 2.75) is 39.5 Å². The summed E-state index contributed by atoms with van der Waals surface area (Å²) in [6.07, 6.45) is 2.18. The molecule has 2 aromatic rings. The summed E-state index contributed by atoms with van der Waals surface area (Å²) in [4.78, 5) is 20.5. The topological polar surface area (TPSA) is 87.1 Å². The third-order valence-electron chi connectivity index (χ3n) is 4.38. The number of nitrogens with one attached hydrogen (secondary N) is 1. The molecule has 0 aliphatic carbocycles. The number of rotatable bonds is 5. The number of aryl methyl sites for hydroxylation is 3. The lowest BCUT2D eigenvalue weighted by atomic mass is 9.97. The van der Waals surface area contributed by atoms with Crippen LogP contribution in [-0.4, -0.2) is 56.2 Å². The lowest BCUT2D eigenvalue weighted by Gasteiger charge is -2.31. The molecular formula is C18H26N6O. The molecular weight excluding hydrogens is 316 g/mol. The van der Waals surface area contributed by atoms with E-state index >= 15 is 0 Å². The van der Waals surface area contributed by atoms with E-state index < -0.39 is 0 Å². The first-order chi connectivity index (χ1) is 12.0. The van der Waals surface area contributed by atoms with Crippen molar-refractivity contribution >= 4 is 11.8 Å². The van der Waals surface area contributed by atoms with E-state index in [4.69, 9.17) is 4.98 Å². The molecule has 1 aliphatic heterocycles. The van der Waals surface area contributed by atoms with Gasteiger partial charge < -0.3 is 15.3 Å². The molecule has 0 spiro atoms. The zero-order valence-electron chi connectivity index (χ0n) is 15.2. The van der Waals surface area contributed by atoms with Gasteiger partial charge >= 0.3 is 0 Å². The molecule has 0 bridgehead atoms. The minimum absolute atomic E-state index is 0.193. The Morgan fingerprint density at radius 3 is 2.52 bits per heavy atom. The van der Waals surface area contributed by atoms with Crippen LogP contribution >= 0.6 is 0 Å². The van der Waals surface area contributed by atoms with Gasteiger partial charge in [0.05, 0.1) is 6.61 Å². The second kappa shape index (κ2) is 7.84. The fourth-order valence-corrected chi connectivity index (χ4v) is 3.35. The van der Waals surface area contributed by atoms with E-state index in [1.54, 1.807) is 0 Å². The smallest absolute Gasteiger partial charge is 0.228 e. The fraction of sp³-hybridized carbons (Fsp3) is 0.556. The third-order valence-corrected chi connectivity index (χ3v) is 4.38. The Morgan fingerprint density at radius 1 is 1.08 bits per heavy atom. The molecule has 2 N–H and O–H groups in total. The highest BCUT2D eigenvalue weighted by atomic mass is 16.3. The molecule has 3 heterocycles. The van der Waals surface area contributed by atoms with Gasteiger partial charge in [0, 0.05) is 42.2 Å². The van der Waals surface area contributed by atoms with Crippen LogP contribution in [0.3, 0.4) is 0 Å². The summed E-state index contributed by atoms with van der Waals surface area (Å²) in [5.41, 5.74) is 2.78. The monoisotopic (exact) mass is 342 g/mol. The molecule has 7 heteroatoms. The van der Waals surface area contributed by atoms with Crippen molar-refractivity contribution in [3.05, 3.63) is 35.0 Å². The van der Waals surface area contributed by atoms with E-state index in [-0.39, 0.29) is 6.61 Å². The maximum atomic E-state index is 9.18. The molecule has 1 fully saturated rings. The summed E-state index contributed by atoms with van der Waals surface area (Å²) in [5.74, 6) is 2.44. The third kappa shape index (κ3) is 4.70. The minimum atomic E-state index is 0.193. The van der Waals surface area contributed by atoms with E-state index in [9.17, 15) is 5.11 Å². The lowest BCUT2D eigenvalue weighted by molar-refractivity contribution is 0.159. The van der Waals surface area contributed by atoms with Crippen LogP contribution in [0.5, 0.6) is 0 Å². The number of nitrogens with zero attached hydrogens (tertiary/aromatic N) is 5. The summed E-state index contributed by atoms with van der Waals surface area (Å²) >= 11 is 0. The van der Waals surface area contributed by atoms with Gasteiger partial charge in [-0.25, -0.2) is 19.9 Å². The van der Waals surface area contributed by atoms with E-state index in [1.807, 2.05) is 32.9 Å². The Hall–Kier alpha value is -2.12. The first kappa shape index (κ1) is 17.7. The fourth-order valence-electron chi connectivity index (χ4n) is 3.35. The SMILES string of the molecule is Cc1cc(C)nc(Nc2cc(C)nc([C@@H]3CCCN(CCO)C3)n2)n1. The second-order valence-electron chi connectivity index (χ2n) is 6.72. The number of β-amino-alcohol motifs (C(OH)–C–C–N with tert-alkyl or cyclic N) is 1. The van der Waals surface area contributed by atoms with E-state index in [0.717, 1.165) is 54.7 Å². The highest BCUT2D eigenvalue weighted by Gasteiger charge is 2.23. The highest BCUT2D eigenvalue weighted by molar-refractivity contribution is 5.48. The average Bonchev–Trinajstić information content (AvgIpc) is 2.54. The van der Waals surface area contributed by atoms with Crippen molar-refractivity contribution in [1.29, 1.82) is 0 Å². The number of anilines is 2. The van der Waals surface area contributed by atoms with Crippen molar-refractivity contribution in [1.82, 2.24) is 24.8 Å². The van der Waals surface area contributed by atoms with E-state index in [1.165, 1.54) is 0 Å². The Kier molecular flexibility index (Phi) is 5.55. The minimum Gasteiger partial charge on any atom is -0.395 e. The van der Waals surface area contributed by atoms with Gasteiger partial charge in [0.25, 0.3) is 0 Å². The first-order valence-electron chi connectivity index (χ1n) is 8.81. The molecule has 0 amide bonds. The standard InChI is InChI=1S/C18H26N6O/c1-12-9-13(2)21-18(20-12)23-16-10-14(3)19-17(22-16)15-5-4-6-24(11-15)7-8-25/h9-10,15,25H,4-8,11H2,1-3H3,(H,19,20,21,22,23)/t15-/m1/s1. The van der Waals surface area contributed by atoms with Gasteiger partial charge in [-0.05, 0) is 46.2 Å². The number of piperidine rings is 1. The van der Waals surface area contributed by atoms with Crippen LogP contribution in [-0.2, 0) is 0 Å². The molecule has 25 heavy (non-hydrogen) atoms. The summed E-state index contributed by atoms with van der Waals surface area (Å²) < 4.78 is 0. The van der Waals surface area contributed by atoms with Crippen LogP contribution in [0.15, 0.2) is 12.1 Å². The van der Waals surface area contributed by atoms with Gasteiger partial charge in [0.15, 0.2) is 0 Å². The summed E-state index contributed by atoms with van der Waals surface area (Å²) in [6.45, 7) is 8.71. The maximum Gasteiger partial charge on any atom is 0.228 e. The molecule has 1 saturated heterocycles. The summed E-state index contributed by atoms with van der Waals surface area (Å²) in [7, 11) is 0. The number of likely N-dealkylation sites (tertiary alicyclic amines) is 1. The number of hydrogen-bond donors (Lipinski definition) is 2. The predicted molar refractivity (Wildman–Crippen MR) is 97.1 cm³/mol. The average molecular weight is 342 g/mol. The largest absolute Gasteiger partial charge is 0.395 e. The number of aromatic nitrogens is 4. The van der Waals surface area contributed by atoms with Gasteiger partial charge in [-0.1, -0.05) is 0 Å². The van der Waals surface area contributed by atoms with Crippen LogP contribution in [0.2, 0.25) is 0 Å². The molecule has 1 aliphatic rings. The lowest BCUT2D eigenvalue weighted by Crippen LogP contribution is -2.36. The molecule has 134 valence electrons. The molecule has 2 aromatic heterocycles. The quantitative estimate of drug-likeness (QED) is 0.860. The zero-order valence-corrected chi connectivity index (χ0v) is 15.2. The molecule has 0 aromatic carbocycles. The van der Waals surface area contributed by atoms with Crippen LogP contribution in [0, 0.1) is 20.8 Å². The zero-order chi connectivity index (χ0) is 17.8. The van der Waals surface area contributed by atoms with Gasteiger partial charge in [-0.2, -0.15) is 0 Å². The molecule has 3 rings (SSSR count). The van der Waals surface area contributed by atoms with Crippen molar-refractivity contribution < 1.29 is 5.11 Å². The van der Waals surface area contributed by atoms with Gasteiger partial charge in [0.2, 0.25) is 5.95 Å². The van der Waals surface area contributed by atoms with Gasteiger partial charge in [-0.15, -0.1) is 0 Å². The number of aliphatic hydroxyl groups excluding tert-OH is 1. The highest BCUT2D eigenvalue weighted by Crippen LogP contribution is 2.26. The molecule has 0 unspecified atom stereocenters. The summed E-state index contributed by atoms with van der Waals surface area (Å²) in [6, 6.07) is 3.86. The molecule has 0 saturated carbocycles. The summed E-state index contributed by atoms with van der Waals surface area (Å²) in [5, 5.41) is 12.4. The Labute approximate surface area is 148 Å². The van der Waals surface area contributed by atoms with E-state index in [2.05, 4.69) is 25.2 Å². The Morgan fingerprint density at radius 2 is 1.80 bits per heavy atom. The van der Waals surface area contributed by atoms with E-state index in [0.29, 0.717) is 18.4 Å². The molecule has 7 nitrogen and oxygen atoms in total. The number of aliphatic hydroxyl groups is 1. The predicted octanol–water partition coefficient (Wildman–Crippen LogP) is 2.11. The van der Waals surface area contributed by atoms with Crippen LogP contribution in [0.1, 0.15) is 41.7 Å². The van der Waals surface area contributed by atoms with Crippen LogP contribution in [0.4, 0.5) is 11.8 Å².